The highest BCUT2D eigenvalue weighted by Gasteiger charge is 2.28. The first-order chi connectivity index (χ1) is 9.31. The van der Waals surface area contributed by atoms with Gasteiger partial charge in [-0.2, -0.15) is 0 Å². The van der Waals surface area contributed by atoms with E-state index in [-0.39, 0.29) is 11.5 Å². The van der Waals surface area contributed by atoms with Gasteiger partial charge in [-0.05, 0) is 13.3 Å². The molecule has 0 aliphatic carbocycles. The largest absolute Gasteiger partial charge is 0.393 e. The van der Waals surface area contributed by atoms with Crippen LogP contribution in [0.3, 0.4) is 0 Å². The first-order valence-electron chi connectivity index (χ1n) is 7.31. The maximum atomic E-state index is 9.73. The topological polar surface area (TPSA) is 61.3 Å². The Morgan fingerprint density at radius 3 is 2.60 bits per heavy atom. The number of aliphatic hydroxyl groups excluding tert-OH is 1. The van der Waals surface area contributed by atoms with Gasteiger partial charge in [-0.15, -0.1) is 0 Å². The molecular weight excluding hydrogens is 252 g/mol. The SMILES string of the molecule is CNc1cc(N2CCC(C(C)O)C2)nc(C(C)(C)C)n1. The van der Waals surface area contributed by atoms with Crippen LogP contribution in [-0.2, 0) is 5.41 Å². The molecule has 1 aliphatic rings. The van der Waals surface area contributed by atoms with E-state index in [1.54, 1.807) is 0 Å². The zero-order chi connectivity index (χ0) is 14.9. The van der Waals surface area contributed by atoms with Crippen LogP contribution in [0.25, 0.3) is 0 Å². The van der Waals surface area contributed by atoms with Gasteiger partial charge in [0, 0.05) is 37.5 Å². The molecule has 0 saturated carbocycles. The van der Waals surface area contributed by atoms with Crippen LogP contribution in [0, 0.1) is 5.92 Å². The van der Waals surface area contributed by atoms with Gasteiger partial charge in [0.2, 0.25) is 0 Å². The summed E-state index contributed by atoms with van der Waals surface area (Å²) in [5.74, 6) is 2.98. The molecule has 1 aromatic heterocycles. The van der Waals surface area contributed by atoms with Crippen molar-refractivity contribution in [2.45, 2.75) is 45.6 Å². The normalized spacial score (nSPS) is 21.1. The minimum atomic E-state index is -0.257. The fraction of sp³-hybridized carbons (Fsp3) is 0.733. The number of anilines is 2. The van der Waals surface area contributed by atoms with E-state index >= 15 is 0 Å². The van der Waals surface area contributed by atoms with Crippen LogP contribution in [-0.4, -0.2) is 41.3 Å². The summed E-state index contributed by atoms with van der Waals surface area (Å²) in [5.41, 5.74) is -0.0784. The lowest BCUT2D eigenvalue weighted by molar-refractivity contribution is 0.136. The maximum absolute atomic E-state index is 9.73. The maximum Gasteiger partial charge on any atom is 0.138 e. The molecule has 2 unspecified atom stereocenters. The predicted molar refractivity (Wildman–Crippen MR) is 82.3 cm³/mol. The summed E-state index contributed by atoms with van der Waals surface area (Å²) in [4.78, 5) is 11.5. The van der Waals surface area contributed by atoms with Crippen molar-refractivity contribution < 1.29 is 5.11 Å². The molecule has 1 fully saturated rings. The minimum absolute atomic E-state index is 0.0784. The quantitative estimate of drug-likeness (QED) is 0.886. The van der Waals surface area contributed by atoms with Crippen LogP contribution in [0.4, 0.5) is 11.6 Å². The molecule has 2 atom stereocenters. The molecule has 0 aromatic carbocycles. The Morgan fingerprint density at radius 1 is 1.40 bits per heavy atom. The molecule has 2 heterocycles. The van der Waals surface area contributed by atoms with Crippen molar-refractivity contribution in [3.05, 3.63) is 11.9 Å². The summed E-state index contributed by atoms with van der Waals surface area (Å²) in [6, 6.07) is 1.99. The lowest BCUT2D eigenvalue weighted by Crippen LogP contribution is -2.26. The summed E-state index contributed by atoms with van der Waals surface area (Å²) in [5, 5.41) is 12.8. The smallest absolute Gasteiger partial charge is 0.138 e. The summed E-state index contributed by atoms with van der Waals surface area (Å²) in [6.07, 6.45) is 0.759. The highest BCUT2D eigenvalue weighted by atomic mass is 16.3. The Morgan fingerprint density at radius 2 is 2.10 bits per heavy atom. The number of hydrogen-bond donors (Lipinski definition) is 2. The third-order valence-corrected chi connectivity index (χ3v) is 3.87. The van der Waals surface area contributed by atoms with Gasteiger partial charge < -0.3 is 15.3 Å². The molecule has 5 heteroatoms. The van der Waals surface area contributed by atoms with E-state index in [4.69, 9.17) is 4.98 Å². The van der Waals surface area contributed by atoms with Gasteiger partial charge in [-0.1, -0.05) is 20.8 Å². The van der Waals surface area contributed by atoms with Gasteiger partial charge in [0.25, 0.3) is 0 Å². The van der Waals surface area contributed by atoms with Crippen molar-refractivity contribution in [2.75, 3.05) is 30.4 Å². The molecule has 0 radical (unpaired) electrons. The van der Waals surface area contributed by atoms with Crippen LogP contribution in [0.2, 0.25) is 0 Å². The Labute approximate surface area is 121 Å². The second-order valence-corrected chi connectivity index (χ2v) is 6.67. The zero-order valence-corrected chi connectivity index (χ0v) is 13.1. The summed E-state index contributed by atoms with van der Waals surface area (Å²) in [7, 11) is 1.88. The number of nitrogens with one attached hydrogen (secondary N) is 1. The van der Waals surface area contributed by atoms with E-state index in [9.17, 15) is 5.11 Å². The van der Waals surface area contributed by atoms with Crippen LogP contribution in [0.5, 0.6) is 0 Å². The predicted octanol–water partition coefficient (Wildman–Crippen LogP) is 2.02. The summed E-state index contributed by atoms with van der Waals surface area (Å²) < 4.78 is 0. The average molecular weight is 278 g/mol. The first kappa shape index (κ1) is 15.0. The molecule has 20 heavy (non-hydrogen) atoms. The second kappa shape index (κ2) is 5.56. The Hall–Kier alpha value is -1.36. The Bertz CT molecular complexity index is 467. The van der Waals surface area contributed by atoms with Crippen molar-refractivity contribution in [1.82, 2.24) is 9.97 Å². The van der Waals surface area contributed by atoms with Crippen molar-refractivity contribution in [2.24, 2.45) is 5.92 Å². The van der Waals surface area contributed by atoms with Crippen LogP contribution < -0.4 is 10.2 Å². The molecule has 1 aromatic rings. The van der Waals surface area contributed by atoms with Crippen molar-refractivity contribution in [1.29, 1.82) is 0 Å². The fourth-order valence-corrected chi connectivity index (χ4v) is 2.45. The minimum Gasteiger partial charge on any atom is -0.393 e. The number of rotatable bonds is 3. The van der Waals surface area contributed by atoms with Crippen molar-refractivity contribution >= 4 is 11.6 Å². The second-order valence-electron chi connectivity index (χ2n) is 6.67. The summed E-state index contributed by atoms with van der Waals surface area (Å²) >= 11 is 0. The molecule has 5 nitrogen and oxygen atoms in total. The van der Waals surface area contributed by atoms with Gasteiger partial charge in [-0.25, -0.2) is 9.97 Å². The lowest BCUT2D eigenvalue weighted by Gasteiger charge is -2.23. The third kappa shape index (κ3) is 3.20. The highest BCUT2D eigenvalue weighted by Crippen LogP contribution is 2.28. The number of aliphatic hydroxyl groups is 1. The van der Waals surface area contributed by atoms with Crippen molar-refractivity contribution in [3.63, 3.8) is 0 Å². The zero-order valence-electron chi connectivity index (χ0n) is 13.1. The first-order valence-corrected chi connectivity index (χ1v) is 7.31. The van der Waals surface area contributed by atoms with Crippen LogP contribution in [0.15, 0.2) is 6.07 Å². The number of hydrogen-bond acceptors (Lipinski definition) is 5. The third-order valence-electron chi connectivity index (χ3n) is 3.87. The highest BCUT2D eigenvalue weighted by molar-refractivity contribution is 5.50. The van der Waals surface area contributed by atoms with Gasteiger partial charge in [0.1, 0.15) is 17.5 Å². The molecule has 2 N–H and O–H groups in total. The average Bonchev–Trinajstić information content (AvgIpc) is 2.87. The van der Waals surface area contributed by atoms with Crippen LogP contribution >= 0.6 is 0 Å². The molecule has 0 spiro atoms. The number of aromatic nitrogens is 2. The van der Waals surface area contributed by atoms with E-state index in [1.165, 1.54) is 0 Å². The molecule has 1 saturated heterocycles. The van der Waals surface area contributed by atoms with E-state index in [0.29, 0.717) is 5.92 Å². The lowest BCUT2D eigenvalue weighted by atomic mass is 9.96. The van der Waals surface area contributed by atoms with E-state index in [2.05, 4.69) is 36.0 Å². The molecule has 112 valence electrons. The fourth-order valence-electron chi connectivity index (χ4n) is 2.45. The van der Waals surface area contributed by atoms with E-state index in [1.807, 2.05) is 20.0 Å². The van der Waals surface area contributed by atoms with Crippen molar-refractivity contribution in [3.8, 4) is 0 Å². The monoisotopic (exact) mass is 278 g/mol. The molecule has 1 aliphatic heterocycles. The standard InChI is InChI=1S/C15H26N4O/c1-10(20)11-6-7-19(9-11)13-8-12(16-5)17-14(18-13)15(2,3)4/h8,10-11,20H,6-7,9H2,1-5H3,(H,16,17,18). The van der Waals surface area contributed by atoms with Crippen LogP contribution in [0.1, 0.15) is 39.9 Å². The molecule has 2 rings (SSSR count). The Kier molecular flexibility index (Phi) is 4.18. The van der Waals surface area contributed by atoms with Gasteiger partial charge in [0.15, 0.2) is 0 Å². The summed E-state index contributed by atoms with van der Waals surface area (Å²) in [6.45, 7) is 10.0. The Balaban J connectivity index is 2.28. The molecular formula is C15H26N4O. The number of nitrogens with zero attached hydrogens (tertiary/aromatic N) is 3. The van der Waals surface area contributed by atoms with E-state index in [0.717, 1.165) is 37.0 Å². The molecule has 0 amide bonds. The van der Waals surface area contributed by atoms with Gasteiger partial charge in [0.05, 0.1) is 6.10 Å². The van der Waals surface area contributed by atoms with E-state index < -0.39 is 0 Å². The van der Waals surface area contributed by atoms with Gasteiger partial charge >= 0.3 is 0 Å². The molecule has 0 bridgehead atoms. The van der Waals surface area contributed by atoms with Gasteiger partial charge in [-0.3, -0.25) is 0 Å².